The Hall–Kier alpha value is -0.410. The predicted molar refractivity (Wildman–Crippen MR) is 76.9 cm³/mol. The van der Waals surface area contributed by atoms with Gasteiger partial charge in [0, 0.05) is 6.54 Å². The number of likely N-dealkylation sites (tertiary alicyclic amines) is 1. The second-order valence-corrected chi connectivity index (χ2v) is 6.46. The first-order valence-corrected chi connectivity index (χ1v) is 7.52. The fraction of sp³-hybridized carbons (Fsp3) is 0.600. The molecule has 3 heteroatoms. The van der Waals surface area contributed by atoms with Gasteiger partial charge in [-0.15, -0.1) is 0 Å². The third-order valence-electron chi connectivity index (χ3n) is 3.97. The molecular weight excluding hydrogens is 293 g/mol. The average Bonchev–Trinajstić information content (AvgIpc) is 2.34. The van der Waals surface area contributed by atoms with Crippen molar-refractivity contribution >= 4 is 15.9 Å². The number of nitrogens with zero attached hydrogens (tertiary/aromatic N) is 1. The molecular formula is C15H21BrFN. The van der Waals surface area contributed by atoms with Crippen LogP contribution in [0, 0.1) is 17.7 Å². The monoisotopic (exact) mass is 313 g/mol. The van der Waals surface area contributed by atoms with Crippen molar-refractivity contribution in [3.05, 3.63) is 34.1 Å². The first kappa shape index (κ1) is 14.0. The van der Waals surface area contributed by atoms with Crippen molar-refractivity contribution in [2.45, 2.75) is 33.2 Å². The highest BCUT2D eigenvalue weighted by Crippen LogP contribution is 2.26. The molecule has 2 rings (SSSR count). The molecule has 100 valence electrons. The van der Waals surface area contributed by atoms with E-state index in [1.165, 1.54) is 18.4 Å². The van der Waals surface area contributed by atoms with Gasteiger partial charge in [-0.05, 0) is 71.4 Å². The van der Waals surface area contributed by atoms with E-state index in [4.69, 9.17) is 0 Å². The second kappa shape index (κ2) is 6.16. The van der Waals surface area contributed by atoms with Crippen molar-refractivity contribution in [1.29, 1.82) is 0 Å². The van der Waals surface area contributed by atoms with Gasteiger partial charge in [-0.25, -0.2) is 4.39 Å². The number of halogens is 2. The molecule has 0 N–H and O–H groups in total. The van der Waals surface area contributed by atoms with Crippen molar-refractivity contribution in [2.75, 3.05) is 13.1 Å². The highest BCUT2D eigenvalue weighted by atomic mass is 79.9. The van der Waals surface area contributed by atoms with Crippen LogP contribution < -0.4 is 0 Å². The van der Waals surface area contributed by atoms with Gasteiger partial charge in [-0.1, -0.05) is 19.9 Å². The fourth-order valence-electron chi connectivity index (χ4n) is 2.67. The number of hydrogen-bond donors (Lipinski definition) is 0. The summed E-state index contributed by atoms with van der Waals surface area (Å²) in [6, 6.07) is 5.32. The molecule has 0 amide bonds. The van der Waals surface area contributed by atoms with Crippen molar-refractivity contribution in [2.24, 2.45) is 11.8 Å². The van der Waals surface area contributed by atoms with Crippen molar-refractivity contribution in [3.63, 3.8) is 0 Å². The van der Waals surface area contributed by atoms with Gasteiger partial charge in [-0.3, -0.25) is 4.90 Å². The molecule has 0 unspecified atom stereocenters. The third kappa shape index (κ3) is 3.55. The Labute approximate surface area is 118 Å². The molecule has 18 heavy (non-hydrogen) atoms. The number of piperidine rings is 1. The summed E-state index contributed by atoms with van der Waals surface area (Å²) in [6.45, 7) is 7.90. The molecule has 0 radical (unpaired) electrons. The quantitative estimate of drug-likeness (QED) is 0.796. The van der Waals surface area contributed by atoms with Crippen LogP contribution in [0.3, 0.4) is 0 Å². The minimum absolute atomic E-state index is 0.183. The highest BCUT2D eigenvalue weighted by molar-refractivity contribution is 9.10. The van der Waals surface area contributed by atoms with E-state index >= 15 is 0 Å². The van der Waals surface area contributed by atoms with E-state index in [0.29, 0.717) is 4.47 Å². The molecule has 0 saturated carbocycles. The van der Waals surface area contributed by atoms with Crippen LogP contribution in [0.4, 0.5) is 4.39 Å². The largest absolute Gasteiger partial charge is 0.299 e. The summed E-state index contributed by atoms with van der Waals surface area (Å²) in [4.78, 5) is 2.47. The van der Waals surface area contributed by atoms with Crippen LogP contribution in [0.25, 0.3) is 0 Å². The van der Waals surface area contributed by atoms with E-state index < -0.39 is 0 Å². The maximum atomic E-state index is 13.2. The van der Waals surface area contributed by atoms with Crippen molar-refractivity contribution in [1.82, 2.24) is 4.90 Å². The first-order valence-electron chi connectivity index (χ1n) is 6.72. The van der Waals surface area contributed by atoms with Gasteiger partial charge in [-0.2, -0.15) is 0 Å². The van der Waals surface area contributed by atoms with Gasteiger partial charge >= 0.3 is 0 Å². The molecule has 0 spiro atoms. The van der Waals surface area contributed by atoms with E-state index in [0.717, 1.165) is 31.5 Å². The van der Waals surface area contributed by atoms with E-state index in [1.807, 2.05) is 12.1 Å². The van der Waals surface area contributed by atoms with E-state index in [1.54, 1.807) is 6.07 Å². The Morgan fingerprint density at radius 2 is 2.00 bits per heavy atom. The number of hydrogen-bond acceptors (Lipinski definition) is 1. The Bertz CT molecular complexity index is 397. The summed E-state index contributed by atoms with van der Waals surface area (Å²) >= 11 is 3.25. The lowest BCUT2D eigenvalue weighted by Crippen LogP contribution is -2.34. The summed E-state index contributed by atoms with van der Waals surface area (Å²) < 4.78 is 13.7. The Balaban J connectivity index is 1.89. The summed E-state index contributed by atoms with van der Waals surface area (Å²) in [5.41, 5.74) is 1.19. The molecule has 1 saturated heterocycles. The lowest BCUT2D eigenvalue weighted by molar-refractivity contribution is 0.152. The summed E-state index contributed by atoms with van der Waals surface area (Å²) in [5, 5.41) is 0. The Morgan fingerprint density at radius 1 is 1.33 bits per heavy atom. The van der Waals surface area contributed by atoms with Gasteiger partial charge < -0.3 is 0 Å². The first-order chi connectivity index (χ1) is 8.56. The average molecular weight is 314 g/mol. The number of benzene rings is 1. The summed E-state index contributed by atoms with van der Waals surface area (Å²) in [5.74, 6) is 1.49. The molecule has 0 atom stereocenters. The number of rotatable bonds is 3. The van der Waals surface area contributed by atoms with Crippen LogP contribution in [-0.4, -0.2) is 18.0 Å². The van der Waals surface area contributed by atoms with Crippen LogP contribution in [0.5, 0.6) is 0 Å². The molecule has 1 aromatic rings. The van der Waals surface area contributed by atoms with Crippen LogP contribution in [0.15, 0.2) is 22.7 Å². The smallest absolute Gasteiger partial charge is 0.137 e. The van der Waals surface area contributed by atoms with E-state index in [9.17, 15) is 4.39 Å². The van der Waals surface area contributed by atoms with Crippen LogP contribution in [0.1, 0.15) is 32.3 Å². The molecule has 1 aliphatic heterocycles. The molecule has 0 aliphatic carbocycles. The van der Waals surface area contributed by atoms with Crippen molar-refractivity contribution < 1.29 is 4.39 Å². The predicted octanol–water partition coefficient (Wildman–Crippen LogP) is 4.46. The fourth-order valence-corrected chi connectivity index (χ4v) is 3.10. The van der Waals surface area contributed by atoms with Crippen LogP contribution in [-0.2, 0) is 6.54 Å². The summed E-state index contributed by atoms with van der Waals surface area (Å²) in [6.07, 6.45) is 2.58. The molecule has 1 heterocycles. The van der Waals surface area contributed by atoms with Gasteiger partial charge in [0.05, 0.1) is 4.47 Å². The Morgan fingerprint density at radius 3 is 2.56 bits per heavy atom. The van der Waals surface area contributed by atoms with Gasteiger partial charge in [0.1, 0.15) is 5.82 Å². The maximum Gasteiger partial charge on any atom is 0.137 e. The summed E-state index contributed by atoms with van der Waals surface area (Å²) in [7, 11) is 0. The van der Waals surface area contributed by atoms with Gasteiger partial charge in [0.2, 0.25) is 0 Å². The lowest BCUT2D eigenvalue weighted by atomic mass is 9.86. The standard InChI is InChI=1S/C15H21BrFN/c1-11(2)13-5-7-18(8-6-13)10-12-3-4-15(17)14(16)9-12/h3-4,9,11,13H,5-8,10H2,1-2H3. The van der Waals surface area contributed by atoms with Gasteiger partial charge in [0.25, 0.3) is 0 Å². The molecule has 1 fully saturated rings. The van der Waals surface area contributed by atoms with E-state index in [2.05, 4.69) is 34.7 Å². The van der Waals surface area contributed by atoms with E-state index in [-0.39, 0.29) is 5.82 Å². The van der Waals surface area contributed by atoms with Gasteiger partial charge in [0.15, 0.2) is 0 Å². The minimum atomic E-state index is -0.183. The zero-order valence-electron chi connectivity index (χ0n) is 11.1. The molecule has 1 aromatic carbocycles. The van der Waals surface area contributed by atoms with Crippen molar-refractivity contribution in [3.8, 4) is 0 Å². The highest BCUT2D eigenvalue weighted by Gasteiger charge is 2.21. The molecule has 1 aliphatic rings. The Kier molecular flexibility index (Phi) is 4.79. The maximum absolute atomic E-state index is 13.2. The van der Waals surface area contributed by atoms with Crippen LogP contribution >= 0.6 is 15.9 Å². The molecule has 0 bridgehead atoms. The normalized spacial score (nSPS) is 18.5. The zero-order valence-corrected chi connectivity index (χ0v) is 12.7. The third-order valence-corrected chi connectivity index (χ3v) is 4.57. The second-order valence-electron chi connectivity index (χ2n) is 5.61. The zero-order chi connectivity index (χ0) is 13.1. The lowest BCUT2D eigenvalue weighted by Gasteiger charge is -2.33. The SMILES string of the molecule is CC(C)C1CCN(Cc2ccc(F)c(Br)c2)CC1. The van der Waals surface area contributed by atoms with Crippen LogP contribution in [0.2, 0.25) is 0 Å². The topological polar surface area (TPSA) is 3.24 Å². The molecule has 1 nitrogen and oxygen atoms in total. The molecule has 0 aromatic heterocycles. The minimum Gasteiger partial charge on any atom is -0.299 e.